The number of hydrogen-bond donors (Lipinski definition) is 2. The first-order valence-corrected chi connectivity index (χ1v) is 15.0. The molecule has 2 fully saturated rings. The van der Waals surface area contributed by atoms with Crippen molar-refractivity contribution in [2.45, 2.75) is 62.1 Å². The van der Waals surface area contributed by atoms with Crippen molar-refractivity contribution in [3.8, 4) is 0 Å². The highest BCUT2D eigenvalue weighted by atomic mass is 32.2. The molecular formula is C31H32F3N3O5S. The minimum atomic E-state index is -5.05. The Hall–Kier alpha value is -3.45. The van der Waals surface area contributed by atoms with E-state index < -0.39 is 30.3 Å². The summed E-state index contributed by atoms with van der Waals surface area (Å²) in [4.78, 5) is 29.8. The van der Waals surface area contributed by atoms with Gasteiger partial charge >= 0.3 is 12.1 Å². The van der Waals surface area contributed by atoms with E-state index in [9.17, 15) is 27.9 Å². The normalized spacial score (nSPS) is 24.1. The van der Waals surface area contributed by atoms with Gasteiger partial charge in [0.25, 0.3) is 0 Å². The monoisotopic (exact) mass is 615 g/mol. The summed E-state index contributed by atoms with van der Waals surface area (Å²) in [5.74, 6) is -2.14. The SMILES string of the molecule is C[C@@H]1[C@H](CSc2ccccn2)O[C@H](c2cccc(NC(=O)[C@@H]3CCCN3C(=O)C(F)(F)F)c2)O[C@@H]1c1ccc(CO)cc1. The van der Waals surface area contributed by atoms with Crippen LogP contribution >= 0.6 is 11.8 Å². The summed E-state index contributed by atoms with van der Waals surface area (Å²) in [7, 11) is 0. The van der Waals surface area contributed by atoms with Gasteiger partial charge in [0, 0.05) is 35.7 Å². The van der Waals surface area contributed by atoms with E-state index in [0.717, 1.165) is 16.2 Å². The molecule has 228 valence electrons. The first kappa shape index (κ1) is 31.0. The summed E-state index contributed by atoms with van der Waals surface area (Å²) in [5, 5.41) is 13.0. The lowest BCUT2D eigenvalue weighted by molar-refractivity contribution is -0.268. The summed E-state index contributed by atoms with van der Waals surface area (Å²) in [6.07, 6.45) is -4.26. The molecule has 2 aliphatic heterocycles. The highest BCUT2D eigenvalue weighted by molar-refractivity contribution is 7.99. The van der Waals surface area contributed by atoms with Crippen LogP contribution in [0.2, 0.25) is 0 Å². The van der Waals surface area contributed by atoms with Crippen LogP contribution in [-0.2, 0) is 25.7 Å². The molecular weight excluding hydrogens is 583 g/mol. The second kappa shape index (κ2) is 13.5. The molecule has 3 aromatic rings. The summed E-state index contributed by atoms with van der Waals surface area (Å²) in [5.41, 5.74) is 2.67. The van der Waals surface area contributed by atoms with Gasteiger partial charge in [-0.15, -0.1) is 11.8 Å². The Morgan fingerprint density at radius 2 is 1.86 bits per heavy atom. The summed E-state index contributed by atoms with van der Waals surface area (Å²) < 4.78 is 52.1. The topological polar surface area (TPSA) is 101 Å². The Morgan fingerprint density at radius 3 is 2.56 bits per heavy atom. The number of anilines is 1. The van der Waals surface area contributed by atoms with E-state index in [-0.39, 0.29) is 37.7 Å². The van der Waals surface area contributed by atoms with Crippen molar-refractivity contribution in [2.75, 3.05) is 17.6 Å². The van der Waals surface area contributed by atoms with Crippen LogP contribution in [0.25, 0.3) is 0 Å². The van der Waals surface area contributed by atoms with Gasteiger partial charge in [-0.2, -0.15) is 13.2 Å². The smallest absolute Gasteiger partial charge is 0.392 e. The quantitative estimate of drug-likeness (QED) is 0.316. The Balaban J connectivity index is 1.35. The third kappa shape index (κ3) is 7.38. The fourth-order valence-corrected chi connectivity index (χ4v) is 6.37. The second-order valence-electron chi connectivity index (χ2n) is 10.6. The molecule has 2 aliphatic rings. The number of halogens is 3. The van der Waals surface area contributed by atoms with Crippen molar-refractivity contribution in [1.29, 1.82) is 0 Å². The van der Waals surface area contributed by atoms with E-state index in [1.165, 1.54) is 0 Å². The number of rotatable bonds is 8. The Labute approximate surface area is 251 Å². The Morgan fingerprint density at radius 1 is 1.07 bits per heavy atom. The molecule has 8 nitrogen and oxygen atoms in total. The number of amides is 2. The highest BCUT2D eigenvalue weighted by Crippen LogP contribution is 2.43. The number of aliphatic hydroxyl groups excluding tert-OH is 1. The van der Waals surface area contributed by atoms with Gasteiger partial charge in [-0.3, -0.25) is 9.59 Å². The van der Waals surface area contributed by atoms with Crippen LogP contribution in [0.3, 0.4) is 0 Å². The van der Waals surface area contributed by atoms with Crippen molar-refractivity contribution < 1.29 is 37.3 Å². The van der Waals surface area contributed by atoms with Crippen LogP contribution in [0.4, 0.5) is 18.9 Å². The van der Waals surface area contributed by atoms with Gasteiger partial charge in [0.15, 0.2) is 6.29 Å². The second-order valence-corrected chi connectivity index (χ2v) is 11.6. The largest absolute Gasteiger partial charge is 0.471 e. The molecule has 0 spiro atoms. The molecule has 2 saturated heterocycles. The lowest BCUT2D eigenvalue weighted by Crippen LogP contribution is -2.48. The number of aliphatic hydroxyl groups is 1. The van der Waals surface area contributed by atoms with Crippen molar-refractivity contribution in [3.63, 3.8) is 0 Å². The number of hydrogen-bond acceptors (Lipinski definition) is 7. The van der Waals surface area contributed by atoms with Crippen molar-refractivity contribution >= 4 is 29.3 Å². The lowest BCUT2D eigenvalue weighted by atomic mass is 9.91. The molecule has 5 atom stereocenters. The van der Waals surface area contributed by atoms with Gasteiger partial charge in [0.2, 0.25) is 5.91 Å². The minimum Gasteiger partial charge on any atom is -0.392 e. The van der Waals surface area contributed by atoms with E-state index in [4.69, 9.17) is 9.47 Å². The molecule has 3 heterocycles. The third-order valence-corrected chi connectivity index (χ3v) is 8.67. The van der Waals surface area contributed by atoms with E-state index in [0.29, 0.717) is 28.3 Å². The number of alkyl halides is 3. The third-order valence-electron chi connectivity index (χ3n) is 7.64. The average molecular weight is 616 g/mol. The van der Waals surface area contributed by atoms with Crippen LogP contribution < -0.4 is 5.32 Å². The van der Waals surface area contributed by atoms with Crippen molar-refractivity contribution in [2.24, 2.45) is 5.92 Å². The van der Waals surface area contributed by atoms with Gasteiger partial charge in [-0.1, -0.05) is 49.4 Å². The number of ether oxygens (including phenoxy) is 2. The zero-order chi connectivity index (χ0) is 30.6. The molecule has 5 rings (SSSR count). The van der Waals surface area contributed by atoms with E-state index in [2.05, 4.69) is 17.2 Å². The average Bonchev–Trinajstić information content (AvgIpc) is 3.50. The molecule has 0 aliphatic carbocycles. The molecule has 2 aromatic carbocycles. The number of aromatic nitrogens is 1. The maximum atomic E-state index is 13.1. The van der Waals surface area contributed by atoms with Gasteiger partial charge in [0.05, 0.1) is 23.8 Å². The standard InChI is InChI=1S/C31H32F3N3O5S/c1-19-25(18-43-26-9-2-3-14-35-26)41-29(42-27(19)21-12-10-20(17-38)11-13-21)22-6-4-7-23(16-22)36-28(39)24-8-5-15-37(24)30(40)31(32,33)34/h2-4,6-7,9-14,16,19,24-25,27,29,38H,5,8,15,17-18H2,1H3,(H,36,39)/t19-,24+,25+,27+,29+/m1/s1. The van der Waals surface area contributed by atoms with Crippen LogP contribution in [-0.4, -0.2) is 57.4 Å². The molecule has 0 radical (unpaired) electrons. The first-order valence-electron chi connectivity index (χ1n) is 14.0. The van der Waals surface area contributed by atoms with E-state index in [1.54, 1.807) is 42.2 Å². The molecule has 0 saturated carbocycles. The predicted octanol–water partition coefficient (Wildman–Crippen LogP) is 5.65. The minimum absolute atomic E-state index is 0.0464. The number of carbonyl (C=O) groups is 2. The van der Waals surface area contributed by atoms with Gasteiger partial charge in [-0.25, -0.2) is 4.98 Å². The maximum absolute atomic E-state index is 13.1. The number of likely N-dealkylation sites (tertiary alicyclic amines) is 1. The number of carbonyl (C=O) groups excluding carboxylic acids is 2. The first-order chi connectivity index (χ1) is 20.6. The number of benzene rings is 2. The number of nitrogens with zero attached hydrogens (tertiary/aromatic N) is 2. The molecule has 0 bridgehead atoms. The maximum Gasteiger partial charge on any atom is 0.471 e. The van der Waals surface area contributed by atoms with Crippen LogP contribution in [0.15, 0.2) is 78.0 Å². The van der Waals surface area contributed by atoms with Crippen LogP contribution in [0.1, 0.15) is 48.8 Å². The fourth-order valence-electron chi connectivity index (χ4n) is 5.34. The molecule has 0 unspecified atom stereocenters. The highest BCUT2D eigenvalue weighted by Gasteiger charge is 2.47. The summed E-state index contributed by atoms with van der Waals surface area (Å²) >= 11 is 1.57. The lowest BCUT2D eigenvalue weighted by Gasteiger charge is -2.41. The molecule has 2 N–H and O–H groups in total. The molecule has 12 heteroatoms. The Kier molecular flexibility index (Phi) is 9.70. The fraction of sp³-hybridized carbons (Fsp3) is 0.387. The van der Waals surface area contributed by atoms with Crippen molar-refractivity contribution in [1.82, 2.24) is 9.88 Å². The zero-order valence-corrected chi connectivity index (χ0v) is 24.2. The van der Waals surface area contributed by atoms with Gasteiger partial charge in [-0.05, 0) is 48.2 Å². The number of thioether (sulfide) groups is 1. The number of pyridine rings is 1. The van der Waals surface area contributed by atoms with Crippen LogP contribution in [0.5, 0.6) is 0 Å². The summed E-state index contributed by atoms with van der Waals surface area (Å²) in [6.45, 7) is 1.85. The Bertz CT molecular complexity index is 1410. The van der Waals surface area contributed by atoms with E-state index >= 15 is 0 Å². The van der Waals surface area contributed by atoms with Gasteiger partial charge < -0.3 is 24.8 Å². The van der Waals surface area contributed by atoms with E-state index in [1.807, 2.05) is 42.5 Å². The van der Waals surface area contributed by atoms with Crippen LogP contribution in [0, 0.1) is 5.92 Å². The molecule has 2 amide bonds. The molecule has 1 aromatic heterocycles. The number of nitrogens with one attached hydrogen (secondary N) is 1. The van der Waals surface area contributed by atoms with Crippen molar-refractivity contribution in [3.05, 3.63) is 89.6 Å². The molecule has 43 heavy (non-hydrogen) atoms. The summed E-state index contributed by atoms with van der Waals surface area (Å²) in [6, 6.07) is 18.8. The van der Waals surface area contributed by atoms with Gasteiger partial charge in [0.1, 0.15) is 6.04 Å². The predicted molar refractivity (Wildman–Crippen MR) is 154 cm³/mol. The zero-order valence-electron chi connectivity index (χ0n) is 23.4.